The van der Waals surface area contributed by atoms with Crippen LogP contribution in [0.5, 0.6) is 0 Å². The molecule has 2 saturated heterocycles. The highest BCUT2D eigenvalue weighted by Gasteiger charge is 2.40. The first-order chi connectivity index (χ1) is 10.1. The van der Waals surface area contributed by atoms with Gasteiger partial charge >= 0.3 is 0 Å². The fourth-order valence-electron chi connectivity index (χ4n) is 3.62. The number of nitrogens with zero attached hydrogens (tertiary/aromatic N) is 2. The molecule has 2 aliphatic heterocycles. The summed E-state index contributed by atoms with van der Waals surface area (Å²) in [4.78, 5) is 28.1. The van der Waals surface area contributed by atoms with Crippen LogP contribution in [0, 0.1) is 5.92 Å². The molecular formula is C15H21N3O3. The van der Waals surface area contributed by atoms with Gasteiger partial charge in [0.1, 0.15) is 5.76 Å². The quantitative estimate of drug-likeness (QED) is 0.878. The first-order valence-electron chi connectivity index (χ1n) is 7.40. The lowest BCUT2D eigenvalue weighted by atomic mass is 9.91. The number of nitrogens with two attached hydrogens (primary N) is 1. The molecule has 1 aromatic rings. The van der Waals surface area contributed by atoms with E-state index in [4.69, 9.17) is 10.2 Å². The smallest absolute Gasteiger partial charge is 0.257 e. The number of carbonyl (C=O) groups is 2. The Morgan fingerprint density at radius 1 is 1.43 bits per heavy atom. The molecule has 6 heteroatoms. The highest BCUT2D eigenvalue weighted by Crippen LogP contribution is 2.31. The topological polar surface area (TPSA) is 79.8 Å². The van der Waals surface area contributed by atoms with Crippen LogP contribution in [0.4, 0.5) is 0 Å². The van der Waals surface area contributed by atoms with Gasteiger partial charge in [-0.1, -0.05) is 0 Å². The standard InChI is InChI=1S/C15H21N3O3/c1-17-8-10-3-2-5-18(12(10)9-17)15(20)11-4-6-21-13(11)7-14(16)19/h4,6,10,12H,2-3,5,7-9H2,1H3,(H2,16,19)/t10-,12+/m0/s1. The number of likely N-dealkylation sites (tertiary alicyclic amines) is 2. The van der Waals surface area contributed by atoms with Crippen molar-refractivity contribution in [1.29, 1.82) is 0 Å². The molecule has 0 aliphatic carbocycles. The number of rotatable bonds is 3. The number of primary amides is 1. The molecular weight excluding hydrogens is 270 g/mol. The van der Waals surface area contributed by atoms with Gasteiger partial charge < -0.3 is 20.0 Å². The molecule has 114 valence electrons. The Morgan fingerprint density at radius 2 is 2.24 bits per heavy atom. The van der Waals surface area contributed by atoms with Gasteiger partial charge in [0, 0.05) is 25.7 Å². The van der Waals surface area contributed by atoms with Crippen LogP contribution < -0.4 is 5.73 Å². The van der Waals surface area contributed by atoms with Crippen molar-refractivity contribution in [3.05, 3.63) is 23.7 Å². The number of carbonyl (C=O) groups excluding carboxylic acids is 2. The van der Waals surface area contributed by atoms with E-state index >= 15 is 0 Å². The summed E-state index contributed by atoms with van der Waals surface area (Å²) in [6.45, 7) is 2.74. The van der Waals surface area contributed by atoms with Gasteiger partial charge in [-0.05, 0) is 31.9 Å². The Bertz CT molecular complexity index is 554. The van der Waals surface area contributed by atoms with Crippen LogP contribution in [0.25, 0.3) is 0 Å². The van der Waals surface area contributed by atoms with Crippen molar-refractivity contribution < 1.29 is 14.0 Å². The summed E-state index contributed by atoms with van der Waals surface area (Å²) in [7, 11) is 2.09. The van der Waals surface area contributed by atoms with Crippen molar-refractivity contribution in [3.63, 3.8) is 0 Å². The average Bonchev–Trinajstić information content (AvgIpc) is 3.01. The third kappa shape index (κ3) is 2.68. The van der Waals surface area contributed by atoms with E-state index in [1.54, 1.807) is 6.07 Å². The van der Waals surface area contributed by atoms with Crippen LogP contribution in [0.3, 0.4) is 0 Å². The zero-order valence-electron chi connectivity index (χ0n) is 12.2. The molecule has 2 fully saturated rings. The van der Waals surface area contributed by atoms with Gasteiger partial charge in [-0.3, -0.25) is 9.59 Å². The molecule has 6 nitrogen and oxygen atoms in total. The average molecular weight is 291 g/mol. The zero-order valence-corrected chi connectivity index (χ0v) is 12.2. The predicted molar refractivity (Wildman–Crippen MR) is 76.7 cm³/mol. The number of hydrogen-bond donors (Lipinski definition) is 1. The summed E-state index contributed by atoms with van der Waals surface area (Å²) < 4.78 is 5.26. The molecule has 0 aromatic carbocycles. The Balaban J connectivity index is 1.81. The highest BCUT2D eigenvalue weighted by molar-refractivity contribution is 5.96. The van der Waals surface area contributed by atoms with Crippen LogP contribution in [-0.4, -0.2) is 54.3 Å². The van der Waals surface area contributed by atoms with E-state index in [1.165, 1.54) is 12.7 Å². The number of likely N-dealkylation sites (N-methyl/N-ethyl adjacent to an activating group) is 1. The van der Waals surface area contributed by atoms with E-state index in [0.717, 1.165) is 26.1 Å². The van der Waals surface area contributed by atoms with Crippen LogP contribution in [0.15, 0.2) is 16.7 Å². The largest absolute Gasteiger partial charge is 0.468 e. The summed E-state index contributed by atoms with van der Waals surface area (Å²) >= 11 is 0. The molecule has 3 rings (SSSR count). The molecule has 2 amide bonds. The van der Waals surface area contributed by atoms with Crippen LogP contribution in [0.2, 0.25) is 0 Å². The van der Waals surface area contributed by atoms with E-state index in [0.29, 0.717) is 17.2 Å². The molecule has 0 saturated carbocycles. The third-order valence-corrected chi connectivity index (χ3v) is 4.53. The fourth-order valence-corrected chi connectivity index (χ4v) is 3.62. The van der Waals surface area contributed by atoms with E-state index in [1.807, 2.05) is 4.90 Å². The number of furan rings is 1. The number of amides is 2. The van der Waals surface area contributed by atoms with Gasteiger partial charge in [-0.15, -0.1) is 0 Å². The van der Waals surface area contributed by atoms with Crippen molar-refractivity contribution in [2.75, 3.05) is 26.7 Å². The van der Waals surface area contributed by atoms with Crippen LogP contribution >= 0.6 is 0 Å². The number of fused-ring (bicyclic) bond motifs is 1. The van der Waals surface area contributed by atoms with Crippen molar-refractivity contribution in [3.8, 4) is 0 Å². The fraction of sp³-hybridized carbons (Fsp3) is 0.600. The van der Waals surface area contributed by atoms with E-state index in [2.05, 4.69) is 11.9 Å². The zero-order chi connectivity index (χ0) is 15.0. The summed E-state index contributed by atoms with van der Waals surface area (Å²) in [5.74, 6) is 0.404. The molecule has 2 aliphatic rings. The summed E-state index contributed by atoms with van der Waals surface area (Å²) in [6.07, 6.45) is 3.63. The molecule has 0 unspecified atom stereocenters. The number of piperidine rings is 1. The van der Waals surface area contributed by atoms with Crippen LogP contribution in [-0.2, 0) is 11.2 Å². The van der Waals surface area contributed by atoms with E-state index < -0.39 is 5.91 Å². The lowest BCUT2D eigenvalue weighted by Gasteiger charge is -2.37. The van der Waals surface area contributed by atoms with Gasteiger partial charge in [0.15, 0.2) is 0 Å². The molecule has 0 spiro atoms. The maximum absolute atomic E-state index is 12.8. The van der Waals surface area contributed by atoms with Crippen molar-refractivity contribution in [2.24, 2.45) is 11.7 Å². The molecule has 1 aromatic heterocycles. The summed E-state index contributed by atoms with van der Waals surface area (Å²) in [5.41, 5.74) is 5.68. The molecule has 2 N–H and O–H groups in total. The highest BCUT2D eigenvalue weighted by atomic mass is 16.3. The monoisotopic (exact) mass is 291 g/mol. The summed E-state index contributed by atoms with van der Waals surface area (Å²) in [6, 6.07) is 1.91. The second-order valence-corrected chi connectivity index (χ2v) is 6.09. The lowest BCUT2D eigenvalue weighted by molar-refractivity contribution is -0.117. The van der Waals surface area contributed by atoms with Crippen molar-refractivity contribution >= 4 is 11.8 Å². The summed E-state index contributed by atoms with van der Waals surface area (Å²) in [5, 5.41) is 0. The van der Waals surface area contributed by atoms with Gasteiger partial charge in [-0.2, -0.15) is 0 Å². The SMILES string of the molecule is CN1C[C@@H]2CCCN(C(=O)c3ccoc3CC(N)=O)[C@@H]2C1. The first-order valence-corrected chi connectivity index (χ1v) is 7.40. The van der Waals surface area contributed by atoms with Gasteiger partial charge in [0.2, 0.25) is 5.91 Å². The van der Waals surface area contributed by atoms with Gasteiger partial charge in [0.05, 0.1) is 18.2 Å². The Kier molecular flexibility index (Phi) is 3.71. The Labute approximate surface area is 123 Å². The third-order valence-electron chi connectivity index (χ3n) is 4.53. The van der Waals surface area contributed by atoms with Crippen LogP contribution in [0.1, 0.15) is 29.0 Å². The molecule has 0 radical (unpaired) electrons. The molecule has 21 heavy (non-hydrogen) atoms. The maximum atomic E-state index is 12.8. The first kappa shape index (κ1) is 14.1. The normalized spacial score (nSPS) is 25.9. The number of hydrogen-bond acceptors (Lipinski definition) is 4. The minimum atomic E-state index is -0.490. The van der Waals surface area contributed by atoms with Gasteiger partial charge in [-0.25, -0.2) is 0 Å². The van der Waals surface area contributed by atoms with E-state index in [9.17, 15) is 9.59 Å². The molecule has 3 heterocycles. The van der Waals surface area contributed by atoms with Crippen molar-refractivity contribution in [2.45, 2.75) is 25.3 Å². The lowest BCUT2D eigenvalue weighted by Crippen LogP contribution is -2.48. The second kappa shape index (κ2) is 5.52. The minimum absolute atomic E-state index is 0.0318. The van der Waals surface area contributed by atoms with Gasteiger partial charge in [0.25, 0.3) is 5.91 Å². The second-order valence-electron chi connectivity index (χ2n) is 6.09. The predicted octanol–water partition coefficient (Wildman–Crippen LogP) is 0.474. The molecule has 0 bridgehead atoms. The minimum Gasteiger partial charge on any atom is -0.468 e. The Hall–Kier alpha value is -1.82. The van der Waals surface area contributed by atoms with E-state index in [-0.39, 0.29) is 18.4 Å². The molecule has 2 atom stereocenters. The van der Waals surface area contributed by atoms with Crippen molar-refractivity contribution in [1.82, 2.24) is 9.80 Å². The Morgan fingerprint density at radius 3 is 3.00 bits per heavy atom. The maximum Gasteiger partial charge on any atom is 0.257 e.